The molecule has 11 heteroatoms. The number of fused-ring (bicyclic) bond motifs is 2. The van der Waals surface area contributed by atoms with Crippen LogP contribution in [0.15, 0.2) is 34.9 Å². The Kier molecular flexibility index (Phi) is 8.47. The molecule has 1 aliphatic carbocycles. The van der Waals surface area contributed by atoms with Crippen LogP contribution in [0.25, 0.3) is 0 Å². The molecule has 1 amide bonds. The highest BCUT2D eigenvalue weighted by Gasteiger charge is 2.35. The first-order valence-electron chi connectivity index (χ1n) is 13.3. The van der Waals surface area contributed by atoms with E-state index >= 15 is 0 Å². The Morgan fingerprint density at radius 2 is 1.74 bits per heavy atom. The highest BCUT2D eigenvalue weighted by molar-refractivity contribution is 9.10. The lowest BCUT2D eigenvalue weighted by atomic mass is 9.93. The number of piperidine rings is 1. The summed E-state index contributed by atoms with van der Waals surface area (Å²) in [6, 6.07) is 8.40. The van der Waals surface area contributed by atoms with Crippen molar-refractivity contribution < 1.29 is 13.2 Å². The third-order valence-corrected chi connectivity index (χ3v) is 10.8. The highest BCUT2D eigenvalue weighted by atomic mass is 79.9. The molecular formula is C27H35BrClN5O3S. The summed E-state index contributed by atoms with van der Waals surface area (Å²) in [5, 5.41) is 0.753. The number of piperazine rings is 1. The monoisotopic (exact) mass is 623 g/mol. The van der Waals surface area contributed by atoms with Gasteiger partial charge in [-0.05, 0) is 82.4 Å². The highest BCUT2D eigenvalue weighted by Crippen LogP contribution is 2.38. The number of benzene rings is 1. The van der Waals surface area contributed by atoms with Gasteiger partial charge in [0.1, 0.15) is 0 Å². The number of amides is 1. The van der Waals surface area contributed by atoms with Crippen LogP contribution in [0.3, 0.4) is 0 Å². The van der Waals surface area contributed by atoms with E-state index in [-0.39, 0.29) is 17.9 Å². The minimum Gasteiger partial charge on any atom is -0.340 e. The van der Waals surface area contributed by atoms with Crippen molar-refractivity contribution in [2.24, 2.45) is 5.92 Å². The van der Waals surface area contributed by atoms with E-state index in [0.29, 0.717) is 32.6 Å². The van der Waals surface area contributed by atoms with Crippen LogP contribution in [0.4, 0.5) is 0 Å². The fraction of sp³-hybridized carbons (Fsp3) is 0.556. The van der Waals surface area contributed by atoms with E-state index in [1.807, 2.05) is 17.2 Å². The molecule has 0 saturated carbocycles. The summed E-state index contributed by atoms with van der Waals surface area (Å²) >= 11 is 9.95. The average molecular weight is 625 g/mol. The van der Waals surface area contributed by atoms with E-state index in [0.717, 1.165) is 54.0 Å². The molecule has 8 nitrogen and oxygen atoms in total. The van der Waals surface area contributed by atoms with Crippen molar-refractivity contribution in [3.8, 4) is 0 Å². The summed E-state index contributed by atoms with van der Waals surface area (Å²) in [7, 11) is -0.275. The molecule has 5 rings (SSSR count). The minimum atomic E-state index is -3.39. The minimum absolute atomic E-state index is 0.0353. The molecule has 2 aliphatic heterocycles. The summed E-state index contributed by atoms with van der Waals surface area (Å²) in [4.78, 5) is 22.5. The van der Waals surface area contributed by atoms with Crippen LogP contribution in [0.2, 0.25) is 5.02 Å². The number of aryl methyl sites for hydroxylation is 2. The molecule has 38 heavy (non-hydrogen) atoms. The lowest BCUT2D eigenvalue weighted by Gasteiger charge is -2.40. The van der Waals surface area contributed by atoms with Gasteiger partial charge < -0.3 is 4.90 Å². The molecule has 1 aromatic carbocycles. The molecule has 1 atom stereocenters. The predicted octanol–water partition coefficient (Wildman–Crippen LogP) is 3.74. The maximum absolute atomic E-state index is 13.2. The topological polar surface area (TPSA) is 77.1 Å². The number of carbonyl (C=O) groups excluding carboxylic acids is 1. The predicted molar refractivity (Wildman–Crippen MR) is 152 cm³/mol. The second kappa shape index (κ2) is 11.5. The number of pyridine rings is 1. The summed E-state index contributed by atoms with van der Waals surface area (Å²) in [5.74, 6) is 0.399. The quantitative estimate of drug-likeness (QED) is 0.507. The van der Waals surface area contributed by atoms with Gasteiger partial charge in [-0.25, -0.2) is 0 Å². The Morgan fingerprint density at radius 1 is 1.05 bits per heavy atom. The Labute approximate surface area is 239 Å². The standard InChI is InChI=1S/C27H35BrClN5O3S/c1-31(2)38(36,37)34-9-7-19(8-10-34)15-25(35)32-11-13-33(14-12-32)27-24-6-5-23(29)17-20(24)3-4-21-16-22(28)18-30-26(21)27/h5-6,16-19,27H,3-4,7-15H2,1-2H3. The first kappa shape index (κ1) is 28.0. The van der Waals surface area contributed by atoms with Crippen molar-refractivity contribution in [3.63, 3.8) is 0 Å². The molecule has 0 radical (unpaired) electrons. The normalized spacial score (nSPS) is 21.7. The Bertz CT molecular complexity index is 1240. The molecule has 0 bridgehead atoms. The third kappa shape index (κ3) is 5.81. The van der Waals surface area contributed by atoms with E-state index in [9.17, 15) is 13.2 Å². The fourth-order valence-electron chi connectivity index (χ4n) is 5.96. The van der Waals surface area contributed by atoms with Crippen LogP contribution in [-0.2, 0) is 27.8 Å². The molecule has 1 aromatic heterocycles. The molecule has 3 aliphatic rings. The van der Waals surface area contributed by atoms with Gasteiger partial charge in [0.2, 0.25) is 5.91 Å². The molecule has 0 N–H and O–H groups in total. The van der Waals surface area contributed by atoms with E-state index in [2.05, 4.69) is 39.0 Å². The van der Waals surface area contributed by atoms with Crippen molar-refractivity contribution in [1.29, 1.82) is 0 Å². The van der Waals surface area contributed by atoms with Crippen LogP contribution >= 0.6 is 27.5 Å². The van der Waals surface area contributed by atoms with Crippen molar-refractivity contribution in [2.75, 3.05) is 53.4 Å². The van der Waals surface area contributed by atoms with Crippen LogP contribution in [0.5, 0.6) is 0 Å². The lowest BCUT2D eigenvalue weighted by molar-refractivity contribution is -0.134. The van der Waals surface area contributed by atoms with Crippen LogP contribution in [-0.4, -0.2) is 91.1 Å². The molecule has 1 unspecified atom stereocenters. The summed E-state index contributed by atoms with van der Waals surface area (Å²) in [6.07, 6.45) is 5.64. The molecule has 2 fully saturated rings. The number of halogens is 2. The second-order valence-electron chi connectivity index (χ2n) is 10.7. The van der Waals surface area contributed by atoms with Gasteiger partial charge in [0.05, 0.1) is 11.7 Å². The zero-order valence-corrected chi connectivity index (χ0v) is 25.1. The summed E-state index contributed by atoms with van der Waals surface area (Å²) in [5.41, 5.74) is 4.85. The van der Waals surface area contributed by atoms with Gasteiger partial charge >= 0.3 is 0 Å². The van der Waals surface area contributed by atoms with E-state index in [1.54, 1.807) is 14.1 Å². The number of hydrogen-bond acceptors (Lipinski definition) is 5. The number of aromatic nitrogens is 1. The number of carbonyl (C=O) groups is 1. The average Bonchev–Trinajstić information content (AvgIpc) is 3.05. The molecule has 2 saturated heterocycles. The number of rotatable bonds is 5. The van der Waals surface area contributed by atoms with Crippen LogP contribution < -0.4 is 0 Å². The zero-order chi connectivity index (χ0) is 27.0. The molecule has 2 aromatic rings. The smallest absolute Gasteiger partial charge is 0.281 e. The van der Waals surface area contributed by atoms with Gasteiger partial charge in [-0.2, -0.15) is 17.0 Å². The zero-order valence-electron chi connectivity index (χ0n) is 21.9. The third-order valence-electron chi connectivity index (χ3n) is 8.15. The second-order valence-corrected chi connectivity index (χ2v) is 14.2. The Hall–Kier alpha value is -1.56. The number of hydrogen-bond donors (Lipinski definition) is 0. The largest absolute Gasteiger partial charge is 0.340 e. The van der Waals surface area contributed by atoms with Gasteiger partial charge in [-0.15, -0.1) is 0 Å². The first-order valence-corrected chi connectivity index (χ1v) is 15.8. The van der Waals surface area contributed by atoms with Crippen molar-refractivity contribution in [2.45, 2.75) is 38.1 Å². The van der Waals surface area contributed by atoms with Crippen LogP contribution in [0.1, 0.15) is 47.7 Å². The summed E-state index contributed by atoms with van der Waals surface area (Å²) in [6.45, 7) is 3.85. The van der Waals surface area contributed by atoms with Crippen molar-refractivity contribution >= 4 is 43.6 Å². The van der Waals surface area contributed by atoms with Gasteiger partial charge in [-0.1, -0.05) is 17.7 Å². The molecule has 0 spiro atoms. The molecule has 206 valence electrons. The number of nitrogens with zero attached hydrogens (tertiary/aromatic N) is 5. The van der Waals surface area contributed by atoms with Gasteiger partial charge in [0.15, 0.2) is 0 Å². The molecular weight excluding hydrogens is 590 g/mol. The van der Waals surface area contributed by atoms with E-state index in [4.69, 9.17) is 16.6 Å². The van der Waals surface area contributed by atoms with E-state index in [1.165, 1.54) is 25.3 Å². The molecule has 3 heterocycles. The van der Waals surface area contributed by atoms with Crippen LogP contribution in [0, 0.1) is 5.92 Å². The van der Waals surface area contributed by atoms with Gasteiger partial charge in [-0.3, -0.25) is 14.7 Å². The van der Waals surface area contributed by atoms with Gasteiger partial charge in [0, 0.05) is 75.5 Å². The first-order chi connectivity index (χ1) is 18.1. The summed E-state index contributed by atoms with van der Waals surface area (Å²) < 4.78 is 28.5. The van der Waals surface area contributed by atoms with E-state index < -0.39 is 10.2 Å². The maximum Gasteiger partial charge on any atom is 0.281 e. The van der Waals surface area contributed by atoms with Crippen molar-refractivity contribution in [1.82, 2.24) is 23.4 Å². The lowest BCUT2D eigenvalue weighted by Crippen LogP contribution is -2.50. The SMILES string of the molecule is CN(C)S(=O)(=O)N1CCC(CC(=O)N2CCN(C3c4ccc(Cl)cc4CCc4cc(Br)cnc43)CC2)CC1. The fourth-order valence-corrected chi connectivity index (χ4v) is 7.67. The van der Waals surface area contributed by atoms with Crippen molar-refractivity contribution in [3.05, 3.63) is 62.3 Å². The Balaban J connectivity index is 1.24. The Morgan fingerprint density at radius 3 is 2.42 bits per heavy atom. The maximum atomic E-state index is 13.2. The van der Waals surface area contributed by atoms with Gasteiger partial charge in [0.25, 0.3) is 10.2 Å².